The van der Waals surface area contributed by atoms with Gasteiger partial charge >= 0.3 is 13.1 Å². The van der Waals surface area contributed by atoms with Crippen molar-refractivity contribution in [3.8, 4) is 0 Å². The maximum atomic E-state index is 12.4. The molecule has 0 radical (unpaired) electrons. The summed E-state index contributed by atoms with van der Waals surface area (Å²) >= 11 is 0. The van der Waals surface area contributed by atoms with Crippen LogP contribution in [-0.2, 0) is 9.59 Å². The average molecular weight is 314 g/mol. The topological polar surface area (TPSA) is 124 Å². The molecule has 0 aromatic rings. The molecule has 0 aromatic carbocycles. The van der Waals surface area contributed by atoms with Gasteiger partial charge in [-0.15, -0.1) is 0 Å². The lowest BCUT2D eigenvalue weighted by Crippen LogP contribution is -2.50. The van der Waals surface area contributed by atoms with Crippen molar-refractivity contribution < 1.29 is 24.7 Å². The molecule has 0 aliphatic carbocycles. The van der Waals surface area contributed by atoms with Gasteiger partial charge in [-0.25, -0.2) is 0 Å². The predicted octanol–water partition coefficient (Wildman–Crippen LogP) is -0.228. The largest absolute Gasteiger partial charge is 0.481 e. The van der Waals surface area contributed by atoms with E-state index in [4.69, 9.17) is 15.8 Å². The summed E-state index contributed by atoms with van der Waals surface area (Å²) < 4.78 is 0. The summed E-state index contributed by atoms with van der Waals surface area (Å²) in [4.78, 5) is 25.3. The minimum absolute atomic E-state index is 0.171. The van der Waals surface area contributed by atoms with E-state index in [2.05, 4.69) is 0 Å². The van der Waals surface area contributed by atoms with Gasteiger partial charge in [-0.3, -0.25) is 9.59 Å². The van der Waals surface area contributed by atoms with Gasteiger partial charge in [-0.2, -0.15) is 0 Å². The van der Waals surface area contributed by atoms with Crippen LogP contribution in [0.1, 0.15) is 33.6 Å². The molecule has 22 heavy (non-hydrogen) atoms. The third-order valence-corrected chi connectivity index (χ3v) is 4.31. The first kappa shape index (κ1) is 18.9. The fourth-order valence-corrected chi connectivity index (χ4v) is 2.75. The van der Waals surface area contributed by atoms with Crippen molar-refractivity contribution in [2.24, 2.45) is 23.0 Å². The Hall–Kier alpha value is -1.12. The molecule has 1 aliphatic rings. The monoisotopic (exact) mass is 314 g/mol. The smallest absolute Gasteiger partial charge is 0.451 e. The predicted molar refractivity (Wildman–Crippen MR) is 82.9 cm³/mol. The molecule has 8 heteroatoms. The molecule has 1 rings (SSSR count). The first-order valence-corrected chi connectivity index (χ1v) is 7.67. The summed E-state index contributed by atoms with van der Waals surface area (Å²) in [7, 11) is -1.38. The minimum Gasteiger partial charge on any atom is -0.481 e. The van der Waals surface area contributed by atoms with Crippen LogP contribution >= 0.6 is 0 Å². The Morgan fingerprint density at radius 1 is 1.32 bits per heavy atom. The maximum absolute atomic E-state index is 12.4. The molecule has 1 aliphatic heterocycles. The molecular formula is C14H27BN2O5. The molecule has 0 spiro atoms. The Balaban J connectivity index is 2.69. The van der Waals surface area contributed by atoms with Crippen LogP contribution in [0.2, 0.25) is 6.32 Å². The van der Waals surface area contributed by atoms with Gasteiger partial charge in [-0.05, 0) is 24.1 Å². The summed E-state index contributed by atoms with van der Waals surface area (Å²) in [6, 6.07) is -0.667. The van der Waals surface area contributed by atoms with Crippen LogP contribution in [0.15, 0.2) is 0 Å². The summed E-state index contributed by atoms with van der Waals surface area (Å²) in [6.45, 7) is 6.16. The lowest BCUT2D eigenvalue weighted by atomic mass is 9.80. The van der Waals surface area contributed by atoms with Gasteiger partial charge in [-0.1, -0.05) is 27.2 Å². The molecular weight excluding hydrogens is 287 g/mol. The maximum Gasteiger partial charge on any atom is 0.451 e. The number of amides is 1. The molecule has 1 heterocycles. The molecule has 3 atom stereocenters. The Bertz CT molecular complexity index is 411. The number of nitrogens with zero attached hydrogens (tertiary/aromatic N) is 1. The molecule has 126 valence electrons. The fourth-order valence-electron chi connectivity index (χ4n) is 2.75. The molecule has 1 amide bonds. The number of carboxylic acids is 1. The van der Waals surface area contributed by atoms with E-state index in [9.17, 15) is 14.7 Å². The number of likely N-dealkylation sites (tertiary alicyclic amines) is 1. The van der Waals surface area contributed by atoms with Crippen LogP contribution in [-0.4, -0.2) is 58.2 Å². The van der Waals surface area contributed by atoms with Crippen molar-refractivity contribution >= 4 is 19.0 Å². The first-order valence-electron chi connectivity index (χ1n) is 7.67. The van der Waals surface area contributed by atoms with Gasteiger partial charge in [0.25, 0.3) is 0 Å². The quantitative estimate of drug-likeness (QED) is 0.502. The number of hydrogen-bond acceptors (Lipinski definition) is 5. The normalized spacial score (nSPS) is 23.5. The summed E-state index contributed by atoms with van der Waals surface area (Å²) in [5, 5.41) is 27.0. The second-order valence-corrected chi connectivity index (χ2v) is 7.20. The van der Waals surface area contributed by atoms with E-state index in [1.165, 1.54) is 4.90 Å². The van der Waals surface area contributed by atoms with Crippen molar-refractivity contribution in [1.82, 2.24) is 4.90 Å². The molecule has 7 nitrogen and oxygen atoms in total. The van der Waals surface area contributed by atoms with Gasteiger partial charge in [0.05, 0.1) is 12.0 Å². The van der Waals surface area contributed by atoms with Crippen molar-refractivity contribution in [2.45, 2.75) is 46.0 Å². The van der Waals surface area contributed by atoms with Crippen LogP contribution in [0, 0.1) is 17.3 Å². The van der Waals surface area contributed by atoms with Crippen LogP contribution in [0.5, 0.6) is 0 Å². The third kappa shape index (κ3) is 4.96. The SMILES string of the molecule is CC(C)(C)[C@H](N)C(=O)N1CC(CCCB(O)O)C(C(=O)O)C1. The van der Waals surface area contributed by atoms with Crippen molar-refractivity contribution in [1.29, 1.82) is 0 Å². The van der Waals surface area contributed by atoms with Crippen molar-refractivity contribution in [2.75, 3.05) is 13.1 Å². The van der Waals surface area contributed by atoms with Crippen molar-refractivity contribution in [3.63, 3.8) is 0 Å². The third-order valence-electron chi connectivity index (χ3n) is 4.31. The molecule has 5 N–H and O–H groups in total. The Labute approximate surface area is 131 Å². The summed E-state index contributed by atoms with van der Waals surface area (Å²) in [5.41, 5.74) is 5.60. The van der Waals surface area contributed by atoms with E-state index >= 15 is 0 Å². The number of aliphatic carboxylic acids is 1. The zero-order chi connectivity index (χ0) is 17.1. The highest BCUT2D eigenvalue weighted by Crippen LogP contribution is 2.30. The highest BCUT2D eigenvalue weighted by atomic mass is 16.4. The second-order valence-electron chi connectivity index (χ2n) is 7.20. The minimum atomic E-state index is -1.38. The van der Waals surface area contributed by atoms with Gasteiger partial charge in [0, 0.05) is 13.1 Å². The average Bonchev–Trinajstić information content (AvgIpc) is 2.79. The van der Waals surface area contributed by atoms with E-state index < -0.39 is 25.0 Å². The van der Waals surface area contributed by atoms with Crippen molar-refractivity contribution in [3.05, 3.63) is 0 Å². The zero-order valence-electron chi connectivity index (χ0n) is 13.5. The van der Waals surface area contributed by atoms with Crippen LogP contribution < -0.4 is 5.73 Å². The Morgan fingerprint density at radius 2 is 1.91 bits per heavy atom. The fraction of sp³-hybridized carbons (Fsp3) is 0.857. The Morgan fingerprint density at radius 3 is 2.36 bits per heavy atom. The lowest BCUT2D eigenvalue weighted by Gasteiger charge is -2.30. The van der Waals surface area contributed by atoms with Gasteiger partial charge in [0.1, 0.15) is 0 Å². The highest BCUT2D eigenvalue weighted by molar-refractivity contribution is 6.40. The lowest BCUT2D eigenvalue weighted by molar-refractivity contribution is -0.142. The Kier molecular flexibility index (Phi) is 6.40. The molecule has 1 saturated heterocycles. The van der Waals surface area contributed by atoms with Crippen LogP contribution in [0.25, 0.3) is 0 Å². The number of nitrogens with two attached hydrogens (primary N) is 1. The van der Waals surface area contributed by atoms with E-state index in [-0.39, 0.29) is 30.1 Å². The highest BCUT2D eigenvalue weighted by Gasteiger charge is 2.42. The van der Waals surface area contributed by atoms with Gasteiger partial charge in [0.15, 0.2) is 0 Å². The number of carbonyl (C=O) groups excluding carboxylic acids is 1. The van der Waals surface area contributed by atoms with Gasteiger partial charge in [0.2, 0.25) is 5.91 Å². The number of carbonyl (C=O) groups is 2. The van der Waals surface area contributed by atoms with Crippen LogP contribution in [0.4, 0.5) is 0 Å². The molecule has 0 bridgehead atoms. The number of hydrogen-bond donors (Lipinski definition) is 4. The van der Waals surface area contributed by atoms with E-state index in [1.54, 1.807) is 0 Å². The molecule has 0 aromatic heterocycles. The van der Waals surface area contributed by atoms with E-state index in [0.717, 1.165) is 0 Å². The molecule has 2 unspecified atom stereocenters. The van der Waals surface area contributed by atoms with Crippen LogP contribution in [0.3, 0.4) is 0 Å². The summed E-state index contributed by atoms with van der Waals surface area (Å²) in [5.74, 6) is -1.93. The van der Waals surface area contributed by atoms with E-state index in [1.807, 2.05) is 20.8 Å². The molecule has 0 saturated carbocycles. The number of carboxylic acid groups (broad SMARTS) is 1. The van der Waals surface area contributed by atoms with E-state index in [0.29, 0.717) is 19.4 Å². The number of rotatable bonds is 6. The first-order chi connectivity index (χ1) is 10.0. The second kappa shape index (κ2) is 7.43. The van der Waals surface area contributed by atoms with Gasteiger partial charge < -0.3 is 25.8 Å². The zero-order valence-corrected chi connectivity index (χ0v) is 13.5. The molecule has 1 fully saturated rings. The summed E-state index contributed by atoms with van der Waals surface area (Å²) in [6.07, 6.45) is 1.26. The standard InChI is InChI=1S/C14H27BN2O5/c1-14(2,3)11(16)12(18)17-7-9(5-4-6-15(21)22)10(8-17)13(19)20/h9-11,21-22H,4-8,16H2,1-3H3,(H,19,20)/t9?,10?,11-/m1/s1.